The van der Waals surface area contributed by atoms with Gasteiger partial charge in [0.15, 0.2) is 5.11 Å². The van der Waals surface area contributed by atoms with E-state index in [1.807, 2.05) is 26.0 Å². The highest BCUT2D eigenvalue weighted by Gasteiger charge is 2.04. The molecule has 0 saturated carbocycles. The molecular weight excluding hydrogens is 312 g/mol. The van der Waals surface area contributed by atoms with Crippen LogP contribution in [0.2, 0.25) is 0 Å². The van der Waals surface area contributed by atoms with Crippen molar-refractivity contribution < 1.29 is 4.92 Å². The van der Waals surface area contributed by atoms with Gasteiger partial charge in [-0.2, -0.15) is 5.10 Å². The Balaban J connectivity index is 1.96. The monoisotopic (exact) mass is 328 g/mol. The molecule has 0 saturated heterocycles. The number of hydrogen-bond donors (Lipinski definition) is 2. The van der Waals surface area contributed by atoms with Gasteiger partial charge in [0, 0.05) is 23.4 Å². The van der Waals surface area contributed by atoms with Gasteiger partial charge >= 0.3 is 0 Å². The van der Waals surface area contributed by atoms with Crippen LogP contribution in [0.3, 0.4) is 0 Å². The number of non-ortho nitro benzene ring substituents is 1. The van der Waals surface area contributed by atoms with Crippen molar-refractivity contribution in [2.45, 2.75) is 13.8 Å². The van der Waals surface area contributed by atoms with Gasteiger partial charge in [-0.1, -0.05) is 29.8 Å². The smallest absolute Gasteiger partial charge is 0.270 e. The minimum atomic E-state index is -0.447. The molecule has 0 heterocycles. The average Bonchev–Trinajstić information content (AvgIpc) is 2.50. The van der Waals surface area contributed by atoms with E-state index in [1.165, 1.54) is 23.9 Å². The summed E-state index contributed by atoms with van der Waals surface area (Å²) in [6.07, 6.45) is 1.48. The Morgan fingerprint density at radius 3 is 2.74 bits per heavy atom. The Morgan fingerprint density at radius 2 is 2.04 bits per heavy atom. The highest BCUT2D eigenvalue weighted by Crippen LogP contribution is 2.15. The predicted molar refractivity (Wildman–Crippen MR) is 96.0 cm³/mol. The van der Waals surface area contributed by atoms with Gasteiger partial charge in [-0.3, -0.25) is 15.5 Å². The number of rotatable bonds is 4. The summed E-state index contributed by atoms with van der Waals surface area (Å²) in [6.45, 7) is 4.01. The van der Waals surface area contributed by atoms with E-state index in [-0.39, 0.29) is 5.69 Å². The van der Waals surface area contributed by atoms with Gasteiger partial charge < -0.3 is 5.32 Å². The van der Waals surface area contributed by atoms with Gasteiger partial charge in [-0.25, -0.2) is 0 Å². The number of hydrogen-bond acceptors (Lipinski definition) is 4. The minimum Gasteiger partial charge on any atom is -0.331 e. The molecule has 0 aliphatic heterocycles. The van der Waals surface area contributed by atoms with E-state index >= 15 is 0 Å². The SMILES string of the molecule is Cc1ccc(NC(=S)NN=Cc2cccc([N+](=O)[O-])c2)c(C)c1. The Labute approximate surface area is 139 Å². The summed E-state index contributed by atoms with van der Waals surface area (Å²) in [4.78, 5) is 10.3. The second-order valence-electron chi connectivity index (χ2n) is 4.99. The molecule has 2 aromatic carbocycles. The molecular formula is C16H16N4O2S. The quantitative estimate of drug-likeness (QED) is 0.388. The summed E-state index contributed by atoms with van der Waals surface area (Å²) in [5.74, 6) is 0. The molecule has 0 atom stereocenters. The Hall–Kier alpha value is -2.80. The summed E-state index contributed by atoms with van der Waals surface area (Å²) >= 11 is 5.17. The molecule has 0 spiro atoms. The van der Waals surface area contributed by atoms with Crippen molar-refractivity contribution in [3.8, 4) is 0 Å². The van der Waals surface area contributed by atoms with Gasteiger partial charge in [-0.05, 0) is 37.7 Å². The van der Waals surface area contributed by atoms with Crippen LogP contribution in [0.25, 0.3) is 0 Å². The zero-order valence-electron chi connectivity index (χ0n) is 12.7. The van der Waals surface area contributed by atoms with Crippen LogP contribution in [0.4, 0.5) is 11.4 Å². The molecule has 6 nitrogen and oxygen atoms in total. The van der Waals surface area contributed by atoms with E-state index in [4.69, 9.17) is 12.2 Å². The number of anilines is 1. The van der Waals surface area contributed by atoms with Crippen LogP contribution in [0.1, 0.15) is 16.7 Å². The van der Waals surface area contributed by atoms with Crippen LogP contribution < -0.4 is 10.7 Å². The predicted octanol–water partition coefficient (Wildman–Crippen LogP) is 3.53. The van der Waals surface area contributed by atoms with Crippen molar-refractivity contribution >= 4 is 34.9 Å². The van der Waals surface area contributed by atoms with Crippen molar-refractivity contribution in [2.75, 3.05) is 5.32 Å². The third kappa shape index (κ3) is 4.86. The fourth-order valence-corrected chi connectivity index (χ4v) is 2.15. The van der Waals surface area contributed by atoms with E-state index in [0.717, 1.165) is 11.3 Å². The van der Waals surface area contributed by atoms with Crippen LogP contribution in [0, 0.1) is 24.0 Å². The number of benzene rings is 2. The van der Waals surface area contributed by atoms with E-state index < -0.39 is 4.92 Å². The van der Waals surface area contributed by atoms with Crippen molar-refractivity contribution in [2.24, 2.45) is 5.10 Å². The van der Waals surface area contributed by atoms with Crippen LogP contribution in [-0.4, -0.2) is 16.3 Å². The molecule has 118 valence electrons. The average molecular weight is 328 g/mol. The summed E-state index contributed by atoms with van der Waals surface area (Å²) in [6, 6.07) is 12.2. The molecule has 0 amide bonds. The molecule has 23 heavy (non-hydrogen) atoms. The van der Waals surface area contributed by atoms with Gasteiger partial charge in [-0.15, -0.1) is 0 Å². The molecule has 0 bridgehead atoms. The Morgan fingerprint density at radius 1 is 1.26 bits per heavy atom. The van der Waals surface area contributed by atoms with E-state index in [1.54, 1.807) is 12.1 Å². The zero-order valence-corrected chi connectivity index (χ0v) is 13.6. The number of nitrogens with zero attached hydrogens (tertiary/aromatic N) is 2. The number of nitrogens with one attached hydrogen (secondary N) is 2. The molecule has 2 aromatic rings. The van der Waals surface area contributed by atoms with Gasteiger partial charge in [0.1, 0.15) is 0 Å². The molecule has 0 aromatic heterocycles. The molecule has 0 aliphatic carbocycles. The molecule has 0 fully saturated rings. The van der Waals surface area contributed by atoms with E-state index in [9.17, 15) is 10.1 Å². The molecule has 0 aliphatic rings. The van der Waals surface area contributed by atoms with Crippen molar-refractivity contribution in [3.63, 3.8) is 0 Å². The molecule has 7 heteroatoms. The highest BCUT2D eigenvalue weighted by molar-refractivity contribution is 7.80. The molecule has 2 rings (SSSR count). The number of nitro benzene ring substituents is 1. The number of hydrazone groups is 1. The normalized spacial score (nSPS) is 10.5. The fourth-order valence-electron chi connectivity index (χ4n) is 1.99. The van der Waals surface area contributed by atoms with Crippen molar-refractivity contribution in [1.82, 2.24) is 5.43 Å². The first-order chi connectivity index (χ1) is 11.0. The summed E-state index contributed by atoms with van der Waals surface area (Å²) in [5.41, 5.74) is 6.48. The lowest BCUT2D eigenvalue weighted by Crippen LogP contribution is -2.24. The number of thiocarbonyl (C=S) groups is 1. The van der Waals surface area contributed by atoms with Gasteiger partial charge in [0.25, 0.3) is 5.69 Å². The highest BCUT2D eigenvalue weighted by atomic mass is 32.1. The first-order valence-electron chi connectivity index (χ1n) is 6.87. The van der Waals surface area contributed by atoms with E-state index in [0.29, 0.717) is 10.7 Å². The second-order valence-corrected chi connectivity index (χ2v) is 5.40. The maximum Gasteiger partial charge on any atom is 0.270 e. The lowest BCUT2D eigenvalue weighted by Gasteiger charge is -2.10. The number of aryl methyl sites for hydroxylation is 2. The van der Waals surface area contributed by atoms with Crippen LogP contribution in [0.15, 0.2) is 47.6 Å². The Bertz CT molecular complexity index is 774. The van der Waals surface area contributed by atoms with Crippen LogP contribution >= 0.6 is 12.2 Å². The van der Waals surface area contributed by atoms with Crippen molar-refractivity contribution in [1.29, 1.82) is 0 Å². The summed E-state index contributed by atoms with van der Waals surface area (Å²) in [5, 5.41) is 18.1. The molecule has 2 N–H and O–H groups in total. The summed E-state index contributed by atoms with van der Waals surface area (Å²) < 4.78 is 0. The maximum absolute atomic E-state index is 10.7. The lowest BCUT2D eigenvalue weighted by atomic mass is 10.1. The number of nitro groups is 1. The lowest BCUT2D eigenvalue weighted by molar-refractivity contribution is -0.384. The van der Waals surface area contributed by atoms with Crippen LogP contribution in [-0.2, 0) is 0 Å². The summed E-state index contributed by atoms with van der Waals surface area (Å²) in [7, 11) is 0. The van der Waals surface area contributed by atoms with Crippen molar-refractivity contribution in [3.05, 3.63) is 69.3 Å². The third-order valence-electron chi connectivity index (χ3n) is 3.09. The topological polar surface area (TPSA) is 79.6 Å². The fraction of sp³-hybridized carbons (Fsp3) is 0.125. The first kappa shape index (κ1) is 16.6. The Kier molecular flexibility index (Phi) is 5.37. The molecule has 0 radical (unpaired) electrons. The van der Waals surface area contributed by atoms with Gasteiger partial charge in [0.2, 0.25) is 0 Å². The molecule has 0 unspecified atom stereocenters. The minimum absolute atomic E-state index is 0.0185. The van der Waals surface area contributed by atoms with E-state index in [2.05, 4.69) is 21.9 Å². The third-order valence-corrected chi connectivity index (χ3v) is 3.28. The second kappa shape index (κ2) is 7.46. The first-order valence-corrected chi connectivity index (χ1v) is 7.28. The maximum atomic E-state index is 10.7. The standard InChI is InChI=1S/C16H16N4O2S/c1-11-6-7-15(12(2)8-11)18-16(23)19-17-10-13-4-3-5-14(9-13)20(21)22/h3-10H,1-2H3,(H2,18,19,23). The van der Waals surface area contributed by atoms with Gasteiger partial charge in [0.05, 0.1) is 11.1 Å². The zero-order chi connectivity index (χ0) is 16.8. The van der Waals surface area contributed by atoms with Crippen LogP contribution in [0.5, 0.6) is 0 Å². The largest absolute Gasteiger partial charge is 0.331 e.